The van der Waals surface area contributed by atoms with Crippen LogP contribution >= 0.6 is 0 Å². The van der Waals surface area contributed by atoms with Gasteiger partial charge in [0.2, 0.25) is 8.32 Å². The number of halogens is 6. The summed E-state index contributed by atoms with van der Waals surface area (Å²) in [5.41, 5.74) is -3.08. The van der Waals surface area contributed by atoms with Crippen LogP contribution in [0.1, 0.15) is 74.7 Å². The Hall–Kier alpha value is -2.32. The lowest BCUT2D eigenvalue weighted by Gasteiger charge is -2.40. The Bertz CT molecular complexity index is 1210. The van der Waals surface area contributed by atoms with Crippen LogP contribution in [0.4, 0.5) is 26.3 Å². The van der Waals surface area contributed by atoms with Gasteiger partial charge in [-0.3, -0.25) is 4.79 Å². The van der Waals surface area contributed by atoms with Crippen LogP contribution < -0.4 is 4.43 Å². The maximum atomic E-state index is 13.4. The molecule has 2 rings (SSSR count). The van der Waals surface area contributed by atoms with Gasteiger partial charge in [-0.25, -0.2) is 0 Å². The van der Waals surface area contributed by atoms with Gasteiger partial charge in [-0.15, -0.1) is 0 Å². The monoisotopic (exact) mass is 635 g/mol. The summed E-state index contributed by atoms with van der Waals surface area (Å²) in [6.45, 7) is 20.7. The van der Waals surface area contributed by atoms with Gasteiger partial charge in [-0.2, -0.15) is 26.3 Å². The summed E-state index contributed by atoms with van der Waals surface area (Å²) in [5, 5.41) is -0.222. The van der Waals surface area contributed by atoms with Crippen molar-refractivity contribution in [1.82, 2.24) is 4.90 Å². The summed E-state index contributed by atoms with van der Waals surface area (Å²) < 4.78 is 93.5. The normalized spacial score (nSPS) is 14.5. The second-order valence-corrected chi connectivity index (χ2v) is 23.3. The molecule has 1 amide bonds. The molecule has 0 aliphatic heterocycles. The average molecular weight is 636 g/mol. The second kappa shape index (κ2) is 12.0. The van der Waals surface area contributed by atoms with Crippen LogP contribution in [-0.4, -0.2) is 41.0 Å². The Morgan fingerprint density at radius 3 is 1.57 bits per heavy atom. The number of alkyl halides is 6. The van der Waals surface area contributed by atoms with Gasteiger partial charge in [0.25, 0.3) is 5.91 Å². The van der Waals surface area contributed by atoms with E-state index >= 15 is 0 Å². The highest BCUT2D eigenvalue weighted by molar-refractivity contribution is 6.75. The number of rotatable bonds is 8. The maximum absolute atomic E-state index is 13.4. The van der Waals surface area contributed by atoms with E-state index in [9.17, 15) is 31.1 Å². The lowest BCUT2D eigenvalue weighted by Crippen LogP contribution is -2.44. The van der Waals surface area contributed by atoms with Crippen molar-refractivity contribution >= 4 is 22.5 Å². The molecule has 0 N–H and O–H groups in total. The van der Waals surface area contributed by atoms with Crippen LogP contribution in [0.15, 0.2) is 42.5 Å². The van der Waals surface area contributed by atoms with Crippen LogP contribution in [0.3, 0.4) is 0 Å². The maximum Gasteiger partial charge on any atom is 0.416 e. The van der Waals surface area contributed by atoms with Gasteiger partial charge < -0.3 is 13.8 Å². The molecule has 0 aromatic heterocycles. The van der Waals surface area contributed by atoms with Crippen LogP contribution in [0, 0.1) is 0 Å². The Morgan fingerprint density at radius 2 is 1.19 bits per heavy atom. The lowest BCUT2D eigenvalue weighted by molar-refractivity contribution is -0.143. The number of likely N-dealkylation sites (N-methyl/N-ethyl adjacent to an activating group) is 1. The van der Waals surface area contributed by atoms with Crippen molar-refractivity contribution in [3.63, 3.8) is 0 Å². The van der Waals surface area contributed by atoms with E-state index in [1.54, 1.807) is 0 Å². The highest BCUT2D eigenvalue weighted by atomic mass is 28.4. The predicted octanol–water partition coefficient (Wildman–Crippen LogP) is 9.94. The molecule has 0 aliphatic carbocycles. The highest BCUT2D eigenvalue weighted by Gasteiger charge is 2.42. The number of benzene rings is 2. The molecule has 0 bridgehead atoms. The molecule has 4 nitrogen and oxygen atoms in total. The van der Waals surface area contributed by atoms with Crippen molar-refractivity contribution < 1.29 is 40.0 Å². The highest BCUT2D eigenvalue weighted by Crippen LogP contribution is 2.41. The number of carbonyl (C=O) groups is 1. The Kier molecular flexibility index (Phi) is 10.2. The van der Waals surface area contributed by atoms with E-state index in [2.05, 4.69) is 33.9 Å². The number of hydrogen-bond donors (Lipinski definition) is 0. The summed E-state index contributed by atoms with van der Waals surface area (Å²) in [6, 6.07) is 8.20. The molecular formula is C30H43F6NO3Si2. The third kappa shape index (κ3) is 8.85. The van der Waals surface area contributed by atoms with Crippen molar-refractivity contribution in [2.45, 2.75) is 96.3 Å². The molecule has 1 atom stereocenters. The van der Waals surface area contributed by atoms with Crippen LogP contribution in [0.25, 0.3) is 0 Å². The fourth-order valence-electron chi connectivity index (χ4n) is 3.57. The third-order valence-corrected chi connectivity index (χ3v) is 17.1. The standard InChI is InChI=1S/C30H43F6NO3Si2/c1-27(2,3)41(8,9)39-24-14-12-20(13-15-24)25(40-42(10,11)28(4,5)6)19-37(7)26(38)21-16-22(29(31,32)33)18-23(17-21)30(34,35)36/h12-18,25H,19H2,1-11H3. The van der Waals surface area contributed by atoms with Gasteiger partial charge in [0, 0.05) is 19.2 Å². The van der Waals surface area contributed by atoms with E-state index in [4.69, 9.17) is 8.85 Å². The van der Waals surface area contributed by atoms with E-state index in [0.29, 0.717) is 23.4 Å². The Labute approximate surface area is 247 Å². The lowest BCUT2D eigenvalue weighted by atomic mass is 10.0. The molecular weight excluding hydrogens is 592 g/mol. The molecule has 42 heavy (non-hydrogen) atoms. The van der Waals surface area contributed by atoms with Gasteiger partial charge >= 0.3 is 12.4 Å². The van der Waals surface area contributed by atoms with Crippen molar-refractivity contribution in [3.05, 3.63) is 64.7 Å². The summed E-state index contributed by atoms with van der Waals surface area (Å²) in [7, 11) is -3.20. The smallest absolute Gasteiger partial charge is 0.416 e. The SMILES string of the molecule is CN(CC(O[Si](C)(C)C(C)(C)C)c1ccc(O[Si](C)(C)C(C)(C)C)cc1)C(=O)c1cc(C(F)(F)F)cc(C(F)(F)F)c1. The average Bonchev–Trinajstić information content (AvgIpc) is 2.80. The van der Waals surface area contributed by atoms with Gasteiger partial charge in [-0.05, 0) is 72.2 Å². The minimum atomic E-state index is -5.06. The van der Waals surface area contributed by atoms with Crippen molar-refractivity contribution in [3.8, 4) is 5.75 Å². The molecule has 0 spiro atoms. The first kappa shape index (κ1) is 35.9. The van der Waals surface area contributed by atoms with E-state index in [1.165, 1.54) is 7.05 Å². The van der Waals surface area contributed by atoms with Gasteiger partial charge in [-0.1, -0.05) is 53.7 Å². The minimum Gasteiger partial charge on any atom is -0.544 e. The number of amides is 1. The summed E-state index contributed by atoms with van der Waals surface area (Å²) >= 11 is 0. The Balaban J connectivity index is 2.48. The van der Waals surface area contributed by atoms with Gasteiger partial charge in [0.1, 0.15) is 5.75 Å². The molecule has 2 aromatic rings. The fraction of sp³-hybridized carbons (Fsp3) is 0.567. The van der Waals surface area contributed by atoms with E-state index in [0.717, 1.165) is 4.90 Å². The first-order valence-corrected chi connectivity index (χ1v) is 19.5. The molecule has 0 fully saturated rings. The number of nitrogens with zero attached hydrogens (tertiary/aromatic N) is 1. The van der Waals surface area contributed by atoms with Crippen LogP contribution in [0.2, 0.25) is 36.3 Å². The van der Waals surface area contributed by atoms with Crippen LogP contribution in [0.5, 0.6) is 5.75 Å². The van der Waals surface area contributed by atoms with E-state index < -0.39 is 57.7 Å². The van der Waals surface area contributed by atoms with Gasteiger partial charge in [0.05, 0.1) is 17.2 Å². The fourth-order valence-corrected chi connectivity index (χ4v) is 5.88. The minimum absolute atomic E-state index is 0.00752. The molecule has 12 heteroatoms. The molecule has 0 aliphatic rings. The zero-order valence-electron chi connectivity index (χ0n) is 26.3. The summed E-state index contributed by atoms with van der Waals surface area (Å²) in [4.78, 5) is 14.4. The molecule has 0 saturated heterocycles. The number of carbonyl (C=O) groups excluding carboxylic acids is 1. The zero-order chi connectivity index (χ0) is 32.7. The summed E-state index contributed by atoms with van der Waals surface area (Å²) in [5.74, 6) is -0.294. The molecule has 0 heterocycles. The topological polar surface area (TPSA) is 38.8 Å². The van der Waals surface area contributed by atoms with Crippen molar-refractivity contribution in [2.75, 3.05) is 13.6 Å². The first-order chi connectivity index (χ1) is 18.7. The van der Waals surface area contributed by atoms with E-state index in [1.807, 2.05) is 58.1 Å². The molecule has 236 valence electrons. The first-order valence-electron chi connectivity index (χ1n) is 13.7. The molecule has 0 saturated carbocycles. The van der Waals surface area contributed by atoms with Crippen molar-refractivity contribution in [1.29, 1.82) is 0 Å². The molecule has 2 aromatic carbocycles. The van der Waals surface area contributed by atoms with Crippen molar-refractivity contribution in [2.24, 2.45) is 0 Å². The number of hydrogen-bond acceptors (Lipinski definition) is 3. The quantitative estimate of drug-likeness (QED) is 0.214. The third-order valence-electron chi connectivity index (χ3n) is 8.30. The molecule has 1 unspecified atom stereocenters. The summed E-state index contributed by atoms with van der Waals surface area (Å²) in [6.07, 6.45) is -10.8. The van der Waals surface area contributed by atoms with Gasteiger partial charge in [0.15, 0.2) is 8.32 Å². The Morgan fingerprint density at radius 1 is 0.762 bits per heavy atom. The van der Waals surface area contributed by atoms with E-state index in [-0.39, 0.29) is 22.7 Å². The largest absolute Gasteiger partial charge is 0.544 e. The second-order valence-electron chi connectivity index (χ2n) is 13.8. The zero-order valence-corrected chi connectivity index (χ0v) is 28.3. The van der Waals surface area contributed by atoms with Crippen LogP contribution in [-0.2, 0) is 16.8 Å². The molecule has 0 radical (unpaired) electrons. The predicted molar refractivity (Wildman–Crippen MR) is 159 cm³/mol.